The Kier molecular flexibility index (Phi) is 9.11. The van der Waals surface area contributed by atoms with Crippen LogP contribution in [0.15, 0.2) is 30.3 Å². The van der Waals surface area contributed by atoms with Gasteiger partial charge in [0.2, 0.25) is 0 Å². The molecule has 9 heteroatoms. The van der Waals surface area contributed by atoms with Crippen LogP contribution in [-0.2, 0) is 19.1 Å². The Morgan fingerprint density at radius 3 is 2.35 bits per heavy atom. The highest BCUT2D eigenvalue weighted by Gasteiger charge is 2.24. The summed E-state index contributed by atoms with van der Waals surface area (Å²) in [6.45, 7) is 5.99. The fourth-order valence-electron chi connectivity index (χ4n) is 3.69. The molecule has 0 aromatic heterocycles. The van der Waals surface area contributed by atoms with Crippen molar-refractivity contribution in [1.29, 1.82) is 0 Å². The summed E-state index contributed by atoms with van der Waals surface area (Å²) < 4.78 is 10.8. The minimum absolute atomic E-state index is 0.0238. The zero-order valence-corrected chi connectivity index (χ0v) is 17.9. The van der Waals surface area contributed by atoms with Crippen LogP contribution < -0.4 is 15.4 Å². The molecule has 2 heterocycles. The van der Waals surface area contributed by atoms with E-state index < -0.39 is 11.8 Å². The van der Waals surface area contributed by atoms with Gasteiger partial charge in [-0.25, -0.2) is 0 Å². The topological polar surface area (TPSA) is 100 Å². The van der Waals surface area contributed by atoms with Crippen LogP contribution in [0.5, 0.6) is 5.75 Å². The summed E-state index contributed by atoms with van der Waals surface area (Å²) in [5.41, 5.74) is 0. The second-order valence-electron chi connectivity index (χ2n) is 7.85. The zero-order valence-electron chi connectivity index (χ0n) is 17.9. The van der Waals surface area contributed by atoms with Crippen LogP contribution in [0.3, 0.4) is 0 Å². The molecule has 9 nitrogen and oxygen atoms in total. The number of para-hydroxylation sites is 1. The Morgan fingerprint density at radius 2 is 1.65 bits per heavy atom. The summed E-state index contributed by atoms with van der Waals surface area (Å²) in [7, 11) is 0. The maximum absolute atomic E-state index is 12.3. The standard InChI is InChI=1S/C22H32N4O5/c27-20(17-31-19-4-2-1-3-5-19)26-9-6-18(7-10-26)16-24-22(29)21(28)23-8-11-25-12-14-30-15-13-25/h1-5,18H,6-17H2,(H,23,28)(H,24,29). The molecule has 0 radical (unpaired) electrons. The van der Waals surface area contributed by atoms with Crippen molar-refractivity contribution in [2.45, 2.75) is 12.8 Å². The average Bonchev–Trinajstić information content (AvgIpc) is 2.82. The van der Waals surface area contributed by atoms with E-state index in [9.17, 15) is 14.4 Å². The van der Waals surface area contributed by atoms with E-state index in [-0.39, 0.29) is 18.4 Å². The first-order valence-corrected chi connectivity index (χ1v) is 10.9. The van der Waals surface area contributed by atoms with Crippen LogP contribution in [0, 0.1) is 5.92 Å². The van der Waals surface area contributed by atoms with E-state index >= 15 is 0 Å². The predicted molar refractivity (Wildman–Crippen MR) is 115 cm³/mol. The van der Waals surface area contributed by atoms with Crippen LogP contribution in [0.4, 0.5) is 0 Å². The number of nitrogens with zero attached hydrogens (tertiary/aromatic N) is 2. The van der Waals surface area contributed by atoms with Gasteiger partial charge in [0.25, 0.3) is 5.91 Å². The molecule has 0 atom stereocenters. The van der Waals surface area contributed by atoms with Crippen molar-refractivity contribution in [3.63, 3.8) is 0 Å². The van der Waals surface area contributed by atoms with Gasteiger partial charge in [0.1, 0.15) is 5.75 Å². The van der Waals surface area contributed by atoms with Gasteiger partial charge >= 0.3 is 11.8 Å². The van der Waals surface area contributed by atoms with Gasteiger partial charge < -0.3 is 25.0 Å². The monoisotopic (exact) mass is 432 g/mol. The summed E-state index contributed by atoms with van der Waals surface area (Å²) in [6, 6.07) is 9.27. The molecule has 1 aromatic rings. The van der Waals surface area contributed by atoms with Crippen molar-refractivity contribution < 1.29 is 23.9 Å². The second kappa shape index (κ2) is 12.3. The van der Waals surface area contributed by atoms with Gasteiger partial charge in [-0.15, -0.1) is 0 Å². The van der Waals surface area contributed by atoms with E-state index in [1.165, 1.54) is 0 Å². The Labute approximate surface area is 183 Å². The van der Waals surface area contributed by atoms with Gasteiger partial charge in [-0.3, -0.25) is 19.3 Å². The lowest BCUT2D eigenvalue weighted by molar-refractivity contribution is -0.139. The van der Waals surface area contributed by atoms with E-state index in [4.69, 9.17) is 9.47 Å². The molecule has 0 spiro atoms. The molecule has 2 aliphatic rings. The van der Waals surface area contributed by atoms with Crippen molar-refractivity contribution in [1.82, 2.24) is 20.4 Å². The van der Waals surface area contributed by atoms with E-state index in [2.05, 4.69) is 15.5 Å². The molecular weight excluding hydrogens is 400 g/mol. The number of hydrogen-bond acceptors (Lipinski definition) is 6. The number of morpholine rings is 1. The fourth-order valence-corrected chi connectivity index (χ4v) is 3.69. The summed E-state index contributed by atoms with van der Waals surface area (Å²) >= 11 is 0. The minimum atomic E-state index is -0.600. The van der Waals surface area contributed by atoms with Crippen LogP contribution in [0.1, 0.15) is 12.8 Å². The summed E-state index contributed by atoms with van der Waals surface area (Å²) in [4.78, 5) is 40.3. The molecule has 0 unspecified atom stereocenters. The lowest BCUT2D eigenvalue weighted by Gasteiger charge is -2.32. The quantitative estimate of drug-likeness (QED) is 0.555. The molecule has 0 aliphatic carbocycles. The Hall–Kier alpha value is -2.65. The predicted octanol–water partition coefficient (Wildman–Crippen LogP) is -0.131. The summed E-state index contributed by atoms with van der Waals surface area (Å²) in [5, 5.41) is 5.39. The number of ether oxygens (including phenoxy) is 2. The van der Waals surface area contributed by atoms with E-state index in [1.807, 2.05) is 30.3 Å². The third-order valence-corrected chi connectivity index (χ3v) is 5.65. The third-order valence-electron chi connectivity index (χ3n) is 5.65. The lowest BCUT2D eigenvalue weighted by Crippen LogP contribution is -2.47. The first-order valence-electron chi connectivity index (χ1n) is 10.9. The molecule has 0 bridgehead atoms. The number of rotatable bonds is 8. The number of carbonyl (C=O) groups is 3. The van der Waals surface area contributed by atoms with Crippen LogP contribution >= 0.6 is 0 Å². The Bertz CT molecular complexity index is 716. The molecular formula is C22H32N4O5. The van der Waals surface area contributed by atoms with Crippen molar-refractivity contribution >= 4 is 17.7 Å². The number of nitrogens with one attached hydrogen (secondary N) is 2. The zero-order chi connectivity index (χ0) is 21.9. The second-order valence-corrected chi connectivity index (χ2v) is 7.85. The number of carbonyl (C=O) groups excluding carboxylic acids is 3. The first kappa shape index (κ1) is 23.0. The number of hydrogen-bond donors (Lipinski definition) is 2. The van der Waals surface area contributed by atoms with Crippen molar-refractivity contribution in [2.24, 2.45) is 5.92 Å². The highest BCUT2D eigenvalue weighted by molar-refractivity contribution is 6.35. The van der Waals surface area contributed by atoms with E-state index in [0.717, 1.165) is 25.9 Å². The number of benzene rings is 1. The molecule has 31 heavy (non-hydrogen) atoms. The fraction of sp³-hybridized carbons (Fsp3) is 0.591. The third kappa shape index (κ3) is 7.84. The molecule has 3 amide bonds. The van der Waals surface area contributed by atoms with Gasteiger partial charge in [-0.1, -0.05) is 18.2 Å². The first-order chi connectivity index (χ1) is 15.1. The van der Waals surface area contributed by atoms with Crippen molar-refractivity contribution in [3.05, 3.63) is 30.3 Å². The SMILES string of the molecule is O=C(NCCN1CCOCC1)C(=O)NCC1CCN(C(=O)COc2ccccc2)CC1. The molecule has 1 aromatic carbocycles. The lowest BCUT2D eigenvalue weighted by atomic mass is 9.97. The molecule has 2 aliphatic heterocycles. The summed E-state index contributed by atoms with van der Waals surface area (Å²) in [6.07, 6.45) is 1.58. The number of amides is 3. The maximum atomic E-state index is 12.3. The largest absolute Gasteiger partial charge is 0.484 e. The molecule has 2 saturated heterocycles. The van der Waals surface area contributed by atoms with Crippen molar-refractivity contribution in [3.8, 4) is 5.75 Å². The molecule has 3 rings (SSSR count). The van der Waals surface area contributed by atoms with E-state index in [1.54, 1.807) is 4.90 Å². The molecule has 2 N–H and O–H groups in total. The van der Waals surface area contributed by atoms with Crippen LogP contribution in [0.2, 0.25) is 0 Å². The normalized spacial score (nSPS) is 17.7. The Balaban J connectivity index is 1.26. The van der Waals surface area contributed by atoms with Crippen LogP contribution in [-0.4, -0.2) is 93.2 Å². The molecule has 0 saturated carbocycles. The molecule has 170 valence electrons. The van der Waals surface area contributed by atoms with Gasteiger partial charge in [0.05, 0.1) is 13.2 Å². The van der Waals surface area contributed by atoms with E-state index in [0.29, 0.717) is 51.7 Å². The van der Waals surface area contributed by atoms with Gasteiger partial charge in [0.15, 0.2) is 6.61 Å². The van der Waals surface area contributed by atoms with Gasteiger partial charge in [0, 0.05) is 45.8 Å². The highest BCUT2D eigenvalue weighted by Crippen LogP contribution is 2.17. The Morgan fingerprint density at radius 1 is 0.968 bits per heavy atom. The average molecular weight is 433 g/mol. The smallest absolute Gasteiger partial charge is 0.309 e. The van der Waals surface area contributed by atoms with Crippen molar-refractivity contribution in [2.75, 3.05) is 65.6 Å². The number of piperidine rings is 1. The molecule has 2 fully saturated rings. The highest BCUT2D eigenvalue weighted by atomic mass is 16.5. The minimum Gasteiger partial charge on any atom is -0.484 e. The van der Waals surface area contributed by atoms with Gasteiger partial charge in [-0.05, 0) is 30.9 Å². The van der Waals surface area contributed by atoms with Gasteiger partial charge in [-0.2, -0.15) is 0 Å². The summed E-state index contributed by atoms with van der Waals surface area (Å²) in [5.74, 6) is -0.303. The van der Waals surface area contributed by atoms with Crippen LogP contribution in [0.25, 0.3) is 0 Å². The maximum Gasteiger partial charge on any atom is 0.309 e. The number of likely N-dealkylation sites (tertiary alicyclic amines) is 1.